The third kappa shape index (κ3) is 4.45. The van der Waals surface area contributed by atoms with Crippen LogP contribution >= 0.6 is 34.5 Å². The molecule has 2 aromatic carbocycles. The molecule has 182 valence electrons. The van der Waals surface area contributed by atoms with Crippen LogP contribution < -0.4 is 14.2 Å². The number of Topliss-reactive ketones (excluding diaryl/α,β-unsaturated/α-hetero) is 1. The van der Waals surface area contributed by atoms with E-state index in [0.717, 1.165) is 4.88 Å². The summed E-state index contributed by atoms with van der Waals surface area (Å²) in [6, 6.07) is 11.2. The first-order valence-corrected chi connectivity index (χ1v) is 12.0. The number of ether oxygens (including phenoxy) is 3. The van der Waals surface area contributed by atoms with Crippen molar-refractivity contribution in [1.82, 2.24) is 4.90 Å². The van der Waals surface area contributed by atoms with Crippen LogP contribution in [0.3, 0.4) is 0 Å². The molecule has 0 bridgehead atoms. The maximum Gasteiger partial charge on any atom is 0.295 e. The number of thiophene rings is 1. The molecule has 1 saturated heterocycles. The van der Waals surface area contributed by atoms with E-state index in [1.165, 1.54) is 36.5 Å². The second-order valence-corrected chi connectivity index (χ2v) is 9.38. The summed E-state index contributed by atoms with van der Waals surface area (Å²) in [4.78, 5) is 28.8. The predicted molar refractivity (Wildman–Crippen MR) is 135 cm³/mol. The zero-order chi connectivity index (χ0) is 25.3. The van der Waals surface area contributed by atoms with Gasteiger partial charge in [0.1, 0.15) is 16.5 Å². The zero-order valence-corrected chi connectivity index (χ0v) is 21.3. The van der Waals surface area contributed by atoms with Gasteiger partial charge in [0.05, 0.1) is 50.1 Å². The Labute approximate surface area is 216 Å². The van der Waals surface area contributed by atoms with E-state index in [4.69, 9.17) is 37.4 Å². The van der Waals surface area contributed by atoms with Crippen molar-refractivity contribution in [1.29, 1.82) is 0 Å². The van der Waals surface area contributed by atoms with Gasteiger partial charge in [0.15, 0.2) is 11.5 Å². The second-order valence-electron chi connectivity index (χ2n) is 7.57. The van der Waals surface area contributed by atoms with Crippen molar-refractivity contribution in [3.63, 3.8) is 0 Å². The number of hydrogen-bond donors (Lipinski definition) is 1. The molecule has 1 N–H and O–H groups in total. The van der Waals surface area contributed by atoms with E-state index in [1.807, 2.05) is 17.5 Å². The molecule has 1 aromatic heterocycles. The quantitative estimate of drug-likeness (QED) is 0.238. The Morgan fingerprint density at radius 1 is 1.03 bits per heavy atom. The first-order chi connectivity index (χ1) is 16.8. The fourth-order valence-electron chi connectivity index (χ4n) is 4.04. The number of aliphatic hydroxyl groups is 1. The predicted octanol–water partition coefficient (Wildman–Crippen LogP) is 5.70. The van der Waals surface area contributed by atoms with E-state index >= 15 is 0 Å². The first kappa shape index (κ1) is 24.9. The van der Waals surface area contributed by atoms with Gasteiger partial charge in [-0.25, -0.2) is 0 Å². The molecule has 0 spiro atoms. The molecule has 2 heterocycles. The van der Waals surface area contributed by atoms with Crippen LogP contribution in [0, 0.1) is 0 Å². The van der Waals surface area contributed by atoms with Gasteiger partial charge in [-0.15, -0.1) is 11.3 Å². The summed E-state index contributed by atoms with van der Waals surface area (Å²) in [6.45, 7) is 0.191. The third-order valence-corrected chi connectivity index (χ3v) is 7.16. The number of carbonyl (C=O) groups is 2. The monoisotopic (exact) mass is 533 g/mol. The number of ketones is 1. The van der Waals surface area contributed by atoms with Crippen LogP contribution in [0.1, 0.15) is 22.0 Å². The van der Waals surface area contributed by atoms with Crippen LogP contribution in [0.25, 0.3) is 5.76 Å². The topological polar surface area (TPSA) is 85.3 Å². The van der Waals surface area contributed by atoms with Crippen molar-refractivity contribution in [3.05, 3.63) is 79.5 Å². The summed E-state index contributed by atoms with van der Waals surface area (Å²) in [5, 5.41) is 13.4. The molecule has 0 aliphatic carbocycles. The number of carbonyl (C=O) groups excluding carboxylic acids is 2. The molecule has 1 aliphatic rings. The fourth-order valence-corrected chi connectivity index (χ4v) is 5.43. The van der Waals surface area contributed by atoms with E-state index in [9.17, 15) is 14.7 Å². The smallest absolute Gasteiger partial charge is 0.295 e. The van der Waals surface area contributed by atoms with Crippen molar-refractivity contribution < 1.29 is 28.9 Å². The maximum atomic E-state index is 13.3. The highest BCUT2D eigenvalue weighted by atomic mass is 35.5. The summed E-state index contributed by atoms with van der Waals surface area (Å²) in [5.41, 5.74) is 0.580. The Kier molecular flexibility index (Phi) is 7.25. The van der Waals surface area contributed by atoms with Gasteiger partial charge in [0, 0.05) is 4.88 Å². The molecule has 4 rings (SSSR count). The van der Waals surface area contributed by atoms with Crippen LogP contribution in [0.4, 0.5) is 0 Å². The zero-order valence-electron chi connectivity index (χ0n) is 19.0. The van der Waals surface area contributed by atoms with Gasteiger partial charge in [0.25, 0.3) is 11.7 Å². The van der Waals surface area contributed by atoms with Gasteiger partial charge in [-0.1, -0.05) is 41.4 Å². The van der Waals surface area contributed by atoms with E-state index in [1.54, 1.807) is 31.4 Å². The first-order valence-electron chi connectivity index (χ1n) is 10.4. The lowest BCUT2D eigenvalue weighted by Gasteiger charge is -2.25. The average Bonchev–Trinajstić information content (AvgIpc) is 3.46. The van der Waals surface area contributed by atoms with E-state index in [2.05, 4.69) is 0 Å². The lowest BCUT2D eigenvalue weighted by Crippen LogP contribution is -2.28. The number of rotatable bonds is 7. The number of hydrogen-bond acceptors (Lipinski definition) is 7. The fraction of sp³-hybridized carbons (Fsp3) is 0.200. The summed E-state index contributed by atoms with van der Waals surface area (Å²) < 4.78 is 15.9. The highest BCUT2D eigenvalue weighted by Crippen LogP contribution is 2.47. The SMILES string of the molecule is COc1ccc(C2/C(=C(\O)c3cc(Cl)c(OC)c(Cl)c3OC)C(=O)C(=O)N2Cc2cccs2)cc1. The molecular formula is C25H21Cl2NO6S. The van der Waals surface area contributed by atoms with Crippen molar-refractivity contribution in [2.24, 2.45) is 0 Å². The van der Waals surface area contributed by atoms with E-state index in [0.29, 0.717) is 11.3 Å². The Morgan fingerprint density at radius 3 is 2.29 bits per heavy atom. The van der Waals surface area contributed by atoms with Crippen LogP contribution in [0.15, 0.2) is 53.4 Å². The molecule has 35 heavy (non-hydrogen) atoms. The molecule has 1 atom stereocenters. The van der Waals surface area contributed by atoms with Gasteiger partial charge >= 0.3 is 0 Å². The van der Waals surface area contributed by atoms with Gasteiger partial charge in [-0.05, 0) is 35.2 Å². The van der Waals surface area contributed by atoms with Crippen LogP contribution in [-0.4, -0.2) is 43.0 Å². The van der Waals surface area contributed by atoms with Crippen molar-refractivity contribution in [2.45, 2.75) is 12.6 Å². The standard InChI is InChI=1S/C25H21Cl2NO6S/c1-32-14-8-6-13(7-9-14)20-18(22(30)25(31)28(20)12-15-5-4-10-35-15)21(29)16-11-17(26)24(34-3)19(27)23(16)33-2/h4-11,20,29H,12H2,1-3H3/b21-18+. The highest BCUT2D eigenvalue weighted by Gasteiger charge is 2.46. The van der Waals surface area contributed by atoms with E-state index < -0.39 is 23.5 Å². The van der Waals surface area contributed by atoms with Crippen LogP contribution in [-0.2, 0) is 16.1 Å². The number of methoxy groups -OCH3 is 3. The van der Waals surface area contributed by atoms with Gasteiger partial charge in [-0.3, -0.25) is 9.59 Å². The highest BCUT2D eigenvalue weighted by molar-refractivity contribution is 7.09. The minimum Gasteiger partial charge on any atom is -0.507 e. The van der Waals surface area contributed by atoms with Gasteiger partial charge < -0.3 is 24.2 Å². The van der Waals surface area contributed by atoms with Crippen molar-refractivity contribution >= 4 is 52.0 Å². The molecule has 3 aromatic rings. The minimum absolute atomic E-state index is 0.0258. The van der Waals surface area contributed by atoms with Crippen LogP contribution in [0.2, 0.25) is 10.0 Å². The average molecular weight is 534 g/mol. The number of halogens is 2. The molecule has 0 saturated carbocycles. The summed E-state index contributed by atoms with van der Waals surface area (Å²) in [5.74, 6) is -1.19. The Bertz CT molecular complexity index is 1300. The largest absolute Gasteiger partial charge is 0.507 e. The third-order valence-electron chi connectivity index (χ3n) is 5.67. The minimum atomic E-state index is -0.868. The lowest BCUT2D eigenvalue weighted by atomic mass is 9.94. The molecule has 1 aliphatic heterocycles. The lowest BCUT2D eigenvalue weighted by molar-refractivity contribution is -0.140. The Hall–Kier alpha value is -3.20. The van der Waals surface area contributed by atoms with Crippen molar-refractivity contribution in [3.8, 4) is 17.2 Å². The Balaban J connectivity index is 1.94. The van der Waals surface area contributed by atoms with Crippen LogP contribution in [0.5, 0.6) is 17.2 Å². The second kappa shape index (κ2) is 10.2. The van der Waals surface area contributed by atoms with Gasteiger partial charge in [-0.2, -0.15) is 0 Å². The summed E-state index contributed by atoms with van der Waals surface area (Å²) in [6.07, 6.45) is 0. The molecule has 1 fully saturated rings. The normalized spacial score (nSPS) is 17.1. The number of likely N-dealkylation sites (tertiary alicyclic amines) is 1. The maximum absolute atomic E-state index is 13.3. The summed E-state index contributed by atoms with van der Waals surface area (Å²) in [7, 11) is 4.30. The molecule has 1 amide bonds. The van der Waals surface area contributed by atoms with Gasteiger partial charge in [0.2, 0.25) is 0 Å². The Morgan fingerprint density at radius 2 is 1.71 bits per heavy atom. The number of benzene rings is 2. The number of aliphatic hydroxyl groups excluding tert-OH is 1. The molecular weight excluding hydrogens is 513 g/mol. The summed E-state index contributed by atoms with van der Waals surface area (Å²) >= 11 is 14.2. The number of nitrogens with zero attached hydrogens (tertiary/aromatic N) is 1. The number of amides is 1. The molecule has 1 unspecified atom stereocenters. The molecule has 7 nitrogen and oxygen atoms in total. The van der Waals surface area contributed by atoms with E-state index in [-0.39, 0.29) is 39.2 Å². The van der Waals surface area contributed by atoms with Crippen molar-refractivity contribution in [2.75, 3.05) is 21.3 Å². The molecule has 10 heteroatoms. The molecule has 0 radical (unpaired) electrons.